The van der Waals surface area contributed by atoms with Crippen LogP contribution in [0.2, 0.25) is 10.2 Å². The molecule has 1 aromatic carbocycles. The smallest absolute Gasteiger partial charge is 0.158 e. The highest BCUT2D eigenvalue weighted by atomic mass is 35.5. The lowest BCUT2D eigenvalue weighted by atomic mass is 10.4. The van der Waals surface area contributed by atoms with Crippen molar-refractivity contribution >= 4 is 50.9 Å². The number of nitrogen functional groups attached to an aromatic ring is 1. The van der Waals surface area contributed by atoms with E-state index in [9.17, 15) is 4.21 Å². The molecule has 2 rings (SSSR count). The summed E-state index contributed by atoms with van der Waals surface area (Å²) in [5, 5.41) is 6.68. The molecule has 20 heavy (non-hydrogen) atoms. The number of anilines is 1. The fourth-order valence-electron chi connectivity index (χ4n) is 1.47. The minimum Gasteiger partial charge on any atom is -0.381 e. The van der Waals surface area contributed by atoms with E-state index in [4.69, 9.17) is 34.1 Å². The van der Waals surface area contributed by atoms with Gasteiger partial charge in [-0.15, -0.1) is 0 Å². The van der Waals surface area contributed by atoms with Crippen LogP contribution in [0.3, 0.4) is 0 Å². The number of rotatable bonds is 3. The van der Waals surface area contributed by atoms with Crippen molar-refractivity contribution < 1.29 is 4.21 Å². The summed E-state index contributed by atoms with van der Waals surface area (Å²) in [6.07, 6.45) is 2.85. The number of hydrogen-bond donors (Lipinski definition) is 3. The van der Waals surface area contributed by atoms with Crippen LogP contribution >= 0.6 is 35.0 Å². The molecule has 0 aliphatic heterocycles. The zero-order valence-electron chi connectivity index (χ0n) is 10.4. The average molecular weight is 351 g/mol. The molecule has 0 aliphatic carbocycles. The van der Waals surface area contributed by atoms with Gasteiger partial charge in [0.05, 0.1) is 11.2 Å². The van der Waals surface area contributed by atoms with E-state index in [0.29, 0.717) is 19.8 Å². The van der Waals surface area contributed by atoms with Crippen LogP contribution in [-0.2, 0) is 10.1 Å². The summed E-state index contributed by atoms with van der Waals surface area (Å²) in [4.78, 5) is 9.07. The molecule has 9 heteroatoms. The van der Waals surface area contributed by atoms with Crippen LogP contribution < -0.4 is 10.9 Å². The van der Waals surface area contributed by atoms with E-state index in [1.54, 1.807) is 18.2 Å². The Bertz CT molecular complexity index is 705. The van der Waals surface area contributed by atoms with Crippen LogP contribution in [0.5, 0.6) is 0 Å². The molecular formula is C11H12Cl2N4OS2. The third-order valence-electron chi connectivity index (χ3n) is 2.36. The molecule has 4 N–H and O–H groups in total. The number of hydrogen-bond acceptors (Lipinski definition) is 5. The Balaban J connectivity index is 2.42. The van der Waals surface area contributed by atoms with Gasteiger partial charge in [0.15, 0.2) is 5.82 Å². The van der Waals surface area contributed by atoms with Crippen LogP contribution in [0.25, 0.3) is 0 Å². The molecule has 0 bridgehead atoms. The van der Waals surface area contributed by atoms with Crippen molar-refractivity contribution in [2.45, 2.75) is 14.8 Å². The molecule has 0 saturated carbocycles. The van der Waals surface area contributed by atoms with Gasteiger partial charge in [-0.2, -0.15) is 0 Å². The largest absolute Gasteiger partial charge is 0.381 e. The molecule has 0 amide bonds. The Hall–Kier alpha value is -0.860. The number of halogens is 2. The third-order valence-corrected chi connectivity index (χ3v) is 5.59. The molecular weight excluding hydrogens is 339 g/mol. The van der Waals surface area contributed by atoms with Gasteiger partial charge in [-0.05, 0) is 22.3 Å². The van der Waals surface area contributed by atoms with Gasteiger partial charge in [0, 0.05) is 16.0 Å². The van der Waals surface area contributed by atoms with Gasteiger partial charge in [-0.25, -0.2) is 9.97 Å². The van der Waals surface area contributed by atoms with E-state index in [1.807, 2.05) is 0 Å². The fourth-order valence-corrected chi connectivity index (χ4v) is 4.14. The van der Waals surface area contributed by atoms with Gasteiger partial charge in [0.25, 0.3) is 0 Å². The first-order valence-electron chi connectivity index (χ1n) is 5.40. The Kier molecular flexibility index (Phi) is 4.55. The van der Waals surface area contributed by atoms with Gasteiger partial charge in [-0.3, -0.25) is 9.35 Å². The molecule has 108 valence electrons. The van der Waals surface area contributed by atoms with E-state index < -0.39 is 10.1 Å². The number of benzene rings is 1. The molecule has 5 nitrogen and oxygen atoms in total. The van der Waals surface area contributed by atoms with Gasteiger partial charge in [0.1, 0.15) is 10.2 Å². The molecule has 0 aliphatic rings. The highest BCUT2D eigenvalue weighted by Gasteiger charge is 2.15. The second kappa shape index (κ2) is 5.87. The first-order chi connectivity index (χ1) is 9.29. The SMILES string of the molecule is C[SH](N)(=O)c1cccc(Sc2ncc(Cl)nc2N)c1Cl. The van der Waals surface area contributed by atoms with Gasteiger partial charge < -0.3 is 5.73 Å². The van der Waals surface area contributed by atoms with Crippen molar-refractivity contribution in [1.82, 2.24) is 9.97 Å². The van der Waals surface area contributed by atoms with Gasteiger partial charge in [-0.1, -0.05) is 41.0 Å². The van der Waals surface area contributed by atoms with Gasteiger partial charge >= 0.3 is 0 Å². The van der Waals surface area contributed by atoms with E-state index in [2.05, 4.69) is 9.97 Å². The molecule has 0 radical (unpaired) electrons. The lowest BCUT2D eigenvalue weighted by Crippen LogP contribution is -2.21. The molecule has 0 atom stereocenters. The van der Waals surface area contributed by atoms with Crippen LogP contribution in [0.15, 0.2) is 39.2 Å². The van der Waals surface area contributed by atoms with Crippen molar-refractivity contribution in [3.05, 3.63) is 34.6 Å². The average Bonchev–Trinajstić information content (AvgIpc) is 2.33. The predicted octanol–water partition coefficient (Wildman–Crippen LogP) is 2.40. The standard InChI is InChI=1S/C11H12Cl2N4OS2/c1-20(15,18)7-4-2-3-6(9(7)13)19-11-10(14)17-8(12)5-16-11/h2-5,20H,1H3,(H2,14,17)(H2,15,18). The van der Waals surface area contributed by atoms with Crippen molar-refractivity contribution in [2.24, 2.45) is 5.14 Å². The molecule has 0 spiro atoms. The van der Waals surface area contributed by atoms with Crippen molar-refractivity contribution in [2.75, 3.05) is 12.0 Å². The third kappa shape index (κ3) is 3.42. The molecule has 0 saturated heterocycles. The maximum Gasteiger partial charge on any atom is 0.158 e. The molecule has 1 heterocycles. The molecule has 0 fully saturated rings. The van der Waals surface area contributed by atoms with Gasteiger partial charge in [0.2, 0.25) is 0 Å². The Morgan fingerprint density at radius 2 is 2.05 bits per heavy atom. The van der Waals surface area contributed by atoms with Crippen LogP contribution in [0.4, 0.5) is 5.82 Å². The van der Waals surface area contributed by atoms with Crippen LogP contribution in [0, 0.1) is 0 Å². The monoisotopic (exact) mass is 350 g/mol. The zero-order chi connectivity index (χ0) is 14.9. The zero-order valence-corrected chi connectivity index (χ0v) is 13.6. The number of aromatic nitrogens is 2. The summed E-state index contributed by atoms with van der Waals surface area (Å²) in [6, 6.07) is 5.14. The quantitative estimate of drug-likeness (QED) is 0.738. The summed E-state index contributed by atoms with van der Waals surface area (Å²) in [7, 11) is -2.94. The topological polar surface area (TPSA) is 94.9 Å². The molecule has 1 aromatic heterocycles. The summed E-state index contributed by atoms with van der Waals surface area (Å²) in [5.41, 5.74) is 5.74. The highest BCUT2D eigenvalue weighted by Crippen LogP contribution is 2.38. The lowest BCUT2D eigenvalue weighted by molar-refractivity contribution is 0.675. The first kappa shape index (κ1) is 15.5. The minimum atomic E-state index is -2.94. The van der Waals surface area contributed by atoms with Crippen LogP contribution in [-0.4, -0.2) is 20.4 Å². The van der Waals surface area contributed by atoms with E-state index in [1.165, 1.54) is 24.2 Å². The second-order valence-electron chi connectivity index (χ2n) is 4.06. The van der Waals surface area contributed by atoms with Crippen molar-refractivity contribution in [1.29, 1.82) is 0 Å². The van der Waals surface area contributed by atoms with E-state index in [-0.39, 0.29) is 11.0 Å². The summed E-state index contributed by atoms with van der Waals surface area (Å²) >= 11 is 13.1. The van der Waals surface area contributed by atoms with Crippen molar-refractivity contribution in [3.63, 3.8) is 0 Å². The predicted molar refractivity (Wildman–Crippen MR) is 84.9 cm³/mol. The normalized spacial score (nSPS) is 12.4. The lowest BCUT2D eigenvalue weighted by Gasteiger charge is -2.16. The minimum absolute atomic E-state index is 0.205. The van der Waals surface area contributed by atoms with Crippen LogP contribution in [0.1, 0.15) is 0 Å². The Morgan fingerprint density at radius 1 is 1.35 bits per heavy atom. The summed E-state index contributed by atoms with van der Waals surface area (Å²) in [6.45, 7) is 0. The maximum absolute atomic E-state index is 12.0. The van der Waals surface area contributed by atoms with E-state index >= 15 is 0 Å². The van der Waals surface area contributed by atoms with E-state index in [0.717, 1.165) is 0 Å². The summed E-state index contributed by atoms with van der Waals surface area (Å²) in [5.74, 6) is 0.205. The first-order valence-corrected chi connectivity index (χ1v) is 9.19. The maximum atomic E-state index is 12.0. The number of thiol groups is 1. The summed E-state index contributed by atoms with van der Waals surface area (Å²) < 4.78 is 12.0. The van der Waals surface area contributed by atoms with Crippen molar-refractivity contribution in [3.8, 4) is 0 Å². The fraction of sp³-hybridized carbons (Fsp3) is 0.0909. The molecule has 2 aromatic rings. The number of nitrogens with zero attached hydrogens (tertiary/aromatic N) is 2. The second-order valence-corrected chi connectivity index (χ2v) is 8.32. The Labute approximate surface area is 131 Å². The molecule has 0 unspecified atom stereocenters. The Morgan fingerprint density at radius 3 is 2.65 bits per heavy atom. The number of nitrogens with two attached hydrogens (primary N) is 2. The highest BCUT2D eigenvalue weighted by molar-refractivity contribution is 8.01.